The first-order valence-corrected chi connectivity index (χ1v) is 6.87. The van der Waals surface area contributed by atoms with Crippen molar-refractivity contribution in [1.29, 1.82) is 0 Å². The van der Waals surface area contributed by atoms with Crippen molar-refractivity contribution in [2.24, 2.45) is 0 Å². The Kier molecular flexibility index (Phi) is 6.85. The van der Waals surface area contributed by atoms with E-state index in [1.807, 2.05) is 0 Å². The van der Waals surface area contributed by atoms with Crippen LogP contribution in [-0.2, 0) is 4.74 Å². The summed E-state index contributed by atoms with van der Waals surface area (Å²) in [5.74, 6) is 0.303. The molecule has 5 heteroatoms. The third-order valence-corrected chi connectivity index (χ3v) is 2.96. The van der Waals surface area contributed by atoms with Crippen LogP contribution in [0.25, 0.3) is 0 Å². The maximum Gasteiger partial charge on any atom is 0.343 e. The maximum atomic E-state index is 11.8. The molecule has 1 aromatic rings. The van der Waals surface area contributed by atoms with E-state index in [9.17, 15) is 4.79 Å². The molecule has 0 saturated heterocycles. The molecular weight excluding hydrogens is 242 g/mol. The highest BCUT2D eigenvalue weighted by molar-refractivity contribution is 5.94. The molecule has 0 aliphatic heterocycles. The predicted octanol–water partition coefficient (Wildman–Crippen LogP) is 2.67. The second-order valence-electron chi connectivity index (χ2n) is 4.45. The molecule has 0 unspecified atom stereocenters. The summed E-state index contributed by atoms with van der Waals surface area (Å²) in [5, 5.41) is 0. The number of carbonyl (C=O) groups is 1. The molecule has 0 aliphatic rings. The van der Waals surface area contributed by atoms with E-state index in [2.05, 4.69) is 28.7 Å². The van der Waals surface area contributed by atoms with Gasteiger partial charge in [0.25, 0.3) is 0 Å². The number of ether oxygens (including phenoxy) is 1. The minimum atomic E-state index is -0.381. The van der Waals surface area contributed by atoms with Crippen LogP contribution in [0.2, 0.25) is 0 Å². The van der Waals surface area contributed by atoms with Gasteiger partial charge < -0.3 is 9.64 Å². The molecule has 0 aliphatic carbocycles. The fourth-order valence-electron chi connectivity index (χ4n) is 1.85. The van der Waals surface area contributed by atoms with Crippen LogP contribution < -0.4 is 4.90 Å². The Hall–Kier alpha value is -1.65. The summed E-state index contributed by atoms with van der Waals surface area (Å²) in [4.78, 5) is 22.1. The number of esters is 1. The van der Waals surface area contributed by atoms with Crippen LogP contribution in [0.15, 0.2) is 12.5 Å². The number of nitrogens with zero attached hydrogens (tertiary/aromatic N) is 3. The normalized spacial score (nSPS) is 10.3. The minimum Gasteiger partial charge on any atom is -0.465 e. The van der Waals surface area contributed by atoms with Crippen LogP contribution in [0.1, 0.15) is 49.9 Å². The molecule has 5 nitrogen and oxygen atoms in total. The monoisotopic (exact) mass is 265 g/mol. The lowest BCUT2D eigenvalue weighted by atomic mass is 10.2. The van der Waals surface area contributed by atoms with Crippen molar-refractivity contribution in [2.45, 2.75) is 39.5 Å². The van der Waals surface area contributed by atoms with Crippen LogP contribution in [-0.4, -0.2) is 36.1 Å². The lowest BCUT2D eigenvalue weighted by Gasteiger charge is -2.24. The van der Waals surface area contributed by atoms with Gasteiger partial charge in [-0.15, -0.1) is 0 Å². The van der Waals surface area contributed by atoms with Crippen molar-refractivity contribution in [3.05, 3.63) is 18.1 Å². The van der Waals surface area contributed by atoms with Crippen LogP contribution in [0, 0.1) is 0 Å². The van der Waals surface area contributed by atoms with E-state index < -0.39 is 0 Å². The summed E-state index contributed by atoms with van der Waals surface area (Å²) in [5.41, 5.74) is 0.442. The molecule has 106 valence electrons. The Labute approximate surface area is 115 Å². The lowest BCUT2D eigenvalue weighted by molar-refractivity contribution is 0.0600. The SMILES string of the molecule is CCCCN(CCCC)c1ncncc1C(=O)OC. The molecule has 0 amide bonds. The number of hydrogen-bond acceptors (Lipinski definition) is 5. The van der Waals surface area contributed by atoms with E-state index in [1.54, 1.807) is 0 Å². The summed E-state index contributed by atoms with van der Waals surface area (Å²) in [6, 6.07) is 0. The number of aromatic nitrogens is 2. The van der Waals surface area contributed by atoms with Gasteiger partial charge >= 0.3 is 5.97 Å². The molecule has 0 radical (unpaired) electrons. The summed E-state index contributed by atoms with van der Waals surface area (Å²) >= 11 is 0. The Morgan fingerprint density at radius 3 is 2.42 bits per heavy atom. The Morgan fingerprint density at radius 2 is 1.89 bits per heavy atom. The first-order valence-electron chi connectivity index (χ1n) is 6.87. The first-order chi connectivity index (χ1) is 9.24. The van der Waals surface area contributed by atoms with Gasteiger partial charge in [-0.25, -0.2) is 14.8 Å². The van der Waals surface area contributed by atoms with Crippen LogP contribution in [0.5, 0.6) is 0 Å². The van der Waals surface area contributed by atoms with Gasteiger partial charge in [-0.05, 0) is 12.8 Å². The van der Waals surface area contributed by atoms with Crippen molar-refractivity contribution < 1.29 is 9.53 Å². The van der Waals surface area contributed by atoms with Crippen molar-refractivity contribution in [1.82, 2.24) is 9.97 Å². The molecule has 0 N–H and O–H groups in total. The van der Waals surface area contributed by atoms with Gasteiger partial charge in [-0.3, -0.25) is 0 Å². The molecule has 1 aromatic heterocycles. The predicted molar refractivity (Wildman–Crippen MR) is 75.4 cm³/mol. The van der Waals surface area contributed by atoms with E-state index in [4.69, 9.17) is 4.74 Å². The summed E-state index contributed by atoms with van der Waals surface area (Å²) < 4.78 is 4.79. The number of carbonyl (C=O) groups excluding carboxylic acids is 1. The maximum absolute atomic E-state index is 11.8. The molecule has 0 atom stereocenters. The molecular formula is C14H23N3O2. The molecule has 0 aromatic carbocycles. The van der Waals surface area contributed by atoms with E-state index in [-0.39, 0.29) is 5.97 Å². The van der Waals surface area contributed by atoms with Gasteiger partial charge in [0.2, 0.25) is 0 Å². The zero-order valence-corrected chi connectivity index (χ0v) is 12.1. The van der Waals surface area contributed by atoms with Gasteiger partial charge in [-0.1, -0.05) is 26.7 Å². The van der Waals surface area contributed by atoms with Crippen LogP contribution in [0.4, 0.5) is 5.82 Å². The summed E-state index contributed by atoms with van der Waals surface area (Å²) in [6.45, 7) is 6.10. The largest absolute Gasteiger partial charge is 0.465 e. The Morgan fingerprint density at radius 1 is 1.26 bits per heavy atom. The third kappa shape index (κ3) is 4.50. The quantitative estimate of drug-likeness (QED) is 0.676. The molecule has 0 spiro atoms. The van der Waals surface area contributed by atoms with Crippen molar-refractivity contribution in [3.8, 4) is 0 Å². The minimum absolute atomic E-state index is 0.381. The number of unbranched alkanes of at least 4 members (excludes halogenated alkanes) is 2. The van der Waals surface area contributed by atoms with Crippen LogP contribution >= 0.6 is 0 Å². The number of anilines is 1. The van der Waals surface area contributed by atoms with Crippen molar-refractivity contribution in [3.63, 3.8) is 0 Å². The first kappa shape index (κ1) is 15.4. The van der Waals surface area contributed by atoms with Gasteiger partial charge in [0.15, 0.2) is 0 Å². The van der Waals surface area contributed by atoms with Crippen molar-refractivity contribution in [2.75, 3.05) is 25.1 Å². The van der Waals surface area contributed by atoms with Crippen molar-refractivity contribution >= 4 is 11.8 Å². The summed E-state index contributed by atoms with van der Waals surface area (Å²) in [6.07, 6.45) is 7.39. The van der Waals surface area contributed by atoms with Gasteiger partial charge in [-0.2, -0.15) is 0 Å². The van der Waals surface area contributed by atoms with Gasteiger partial charge in [0, 0.05) is 19.3 Å². The van der Waals surface area contributed by atoms with E-state index in [1.165, 1.54) is 19.6 Å². The molecule has 0 bridgehead atoms. The highest BCUT2D eigenvalue weighted by Gasteiger charge is 2.18. The molecule has 0 fully saturated rings. The van der Waals surface area contributed by atoms with E-state index in [0.29, 0.717) is 11.4 Å². The smallest absolute Gasteiger partial charge is 0.343 e. The topological polar surface area (TPSA) is 55.3 Å². The zero-order chi connectivity index (χ0) is 14.1. The van der Waals surface area contributed by atoms with E-state index >= 15 is 0 Å². The number of methoxy groups -OCH3 is 1. The number of hydrogen-bond donors (Lipinski definition) is 0. The second kappa shape index (κ2) is 8.45. The fraction of sp³-hybridized carbons (Fsp3) is 0.643. The van der Waals surface area contributed by atoms with Gasteiger partial charge in [0.1, 0.15) is 17.7 Å². The fourth-order valence-corrected chi connectivity index (χ4v) is 1.85. The molecule has 0 saturated carbocycles. The average Bonchev–Trinajstić information content (AvgIpc) is 2.47. The van der Waals surface area contributed by atoms with Crippen LogP contribution in [0.3, 0.4) is 0 Å². The standard InChI is InChI=1S/C14H23N3O2/c1-4-6-8-17(9-7-5-2)13-12(14(18)19-3)10-15-11-16-13/h10-11H,4-9H2,1-3H3. The highest BCUT2D eigenvalue weighted by atomic mass is 16.5. The zero-order valence-electron chi connectivity index (χ0n) is 12.1. The molecule has 19 heavy (non-hydrogen) atoms. The Balaban J connectivity index is 2.95. The average molecular weight is 265 g/mol. The van der Waals surface area contributed by atoms with Gasteiger partial charge in [0.05, 0.1) is 7.11 Å². The highest BCUT2D eigenvalue weighted by Crippen LogP contribution is 2.18. The molecule has 1 rings (SSSR count). The Bertz CT molecular complexity index is 388. The second-order valence-corrected chi connectivity index (χ2v) is 4.45. The summed E-state index contributed by atoms with van der Waals surface area (Å²) in [7, 11) is 1.38. The third-order valence-electron chi connectivity index (χ3n) is 2.96. The number of rotatable bonds is 8. The lowest BCUT2D eigenvalue weighted by Crippen LogP contribution is -2.28. The molecule has 1 heterocycles. The van der Waals surface area contributed by atoms with E-state index in [0.717, 1.165) is 38.8 Å².